The van der Waals surface area contributed by atoms with E-state index in [1.165, 1.54) is 12.1 Å². The largest absolute Gasteiger partial charge is 0.372 e. The minimum Gasteiger partial charge on any atom is -0.372 e. The highest BCUT2D eigenvalue weighted by Crippen LogP contribution is 2.25. The van der Waals surface area contributed by atoms with Crippen LogP contribution in [0.3, 0.4) is 0 Å². The molecule has 0 aromatic heterocycles. The van der Waals surface area contributed by atoms with Crippen LogP contribution in [-0.2, 0) is 5.88 Å². The van der Waals surface area contributed by atoms with Gasteiger partial charge in [-0.1, -0.05) is 22.0 Å². The van der Waals surface area contributed by atoms with Crippen LogP contribution in [0.15, 0.2) is 22.7 Å². The van der Waals surface area contributed by atoms with Crippen molar-refractivity contribution in [3.05, 3.63) is 28.2 Å². The van der Waals surface area contributed by atoms with Crippen molar-refractivity contribution in [2.75, 3.05) is 38.6 Å². The molecule has 2 nitrogen and oxygen atoms in total. The highest BCUT2D eigenvalue weighted by atomic mass is 79.9. The first kappa shape index (κ1) is 15.8. The topological polar surface area (TPSA) is 6.48 Å². The first-order valence-electron chi connectivity index (χ1n) is 6.32. The lowest BCUT2D eigenvalue weighted by Gasteiger charge is -2.24. The zero-order valence-corrected chi connectivity index (χ0v) is 13.8. The molecule has 0 saturated heterocycles. The van der Waals surface area contributed by atoms with Gasteiger partial charge >= 0.3 is 0 Å². The van der Waals surface area contributed by atoms with Crippen molar-refractivity contribution in [3.63, 3.8) is 0 Å². The van der Waals surface area contributed by atoms with E-state index in [1.807, 2.05) is 0 Å². The van der Waals surface area contributed by atoms with Gasteiger partial charge in [-0.15, -0.1) is 11.6 Å². The zero-order valence-electron chi connectivity index (χ0n) is 11.4. The number of nitrogens with zero attached hydrogens (tertiary/aromatic N) is 2. The van der Waals surface area contributed by atoms with Crippen molar-refractivity contribution in [2.24, 2.45) is 0 Å². The lowest BCUT2D eigenvalue weighted by atomic mass is 10.2. The average Bonchev–Trinajstić information content (AvgIpc) is 2.34. The maximum Gasteiger partial charge on any atom is 0.0485 e. The Hall–Kier alpha value is -0.250. The van der Waals surface area contributed by atoms with Gasteiger partial charge in [-0.2, -0.15) is 0 Å². The van der Waals surface area contributed by atoms with E-state index in [-0.39, 0.29) is 0 Å². The lowest BCUT2D eigenvalue weighted by molar-refractivity contribution is 0.400. The monoisotopic (exact) mass is 332 g/mol. The van der Waals surface area contributed by atoms with Gasteiger partial charge in [0.25, 0.3) is 0 Å². The van der Waals surface area contributed by atoms with E-state index in [0.29, 0.717) is 5.88 Å². The summed E-state index contributed by atoms with van der Waals surface area (Å²) in [4.78, 5) is 4.62. The van der Waals surface area contributed by atoms with Crippen molar-refractivity contribution in [1.82, 2.24) is 4.90 Å². The summed E-state index contributed by atoms with van der Waals surface area (Å²) in [5, 5.41) is 0. The van der Waals surface area contributed by atoms with E-state index in [0.717, 1.165) is 29.7 Å². The summed E-state index contributed by atoms with van der Waals surface area (Å²) in [6.45, 7) is 5.43. The van der Waals surface area contributed by atoms with Crippen LogP contribution in [0.1, 0.15) is 18.9 Å². The third kappa shape index (κ3) is 4.79. The number of hydrogen-bond donors (Lipinski definition) is 0. The normalized spacial score (nSPS) is 11.0. The van der Waals surface area contributed by atoms with Crippen molar-refractivity contribution in [1.29, 1.82) is 0 Å². The molecule has 0 unspecified atom stereocenters. The summed E-state index contributed by atoms with van der Waals surface area (Å²) in [6, 6.07) is 6.42. The number of rotatable bonds is 7. The third-order valence-corrected chi connectivity index (χ3v) is 3.99. The summed E-state index contributed by atoms with van der Waals surface area (Å²) < 4.78 is 1.10. The van der Waals surface area contributed by atoms with E-state index < -0.39 is 0 Å². The molecule has 1 aromatic rings. The fourth-order valence-corrected chi connectivity index (χ4v) is 2.79. The Morgan fingerprint density at radius 2 is 1.94 bits per heavy atom. The van der Waals surface area contributed by atoms with Gasteiger partial charge in [-0.25, -0.2) is 0 Å². The predicted molar refractivity (Wildman–Crippen MR) is 84.8 cm³/mol. The Labute approximate surface area is 124 Å². The van der Waals surface area contributed by atoms with Gasteiger partial charge in [0, 0.05) is 29.1 Å². The van der Waals surface area contributed by atoms with Crippen molar-refractivity contribution in [3.8, 4) is 0 Å². The van der Waals surface area contributed by atoms with Gasteiger partial charge in [-0.05, 0) is 51.7 Å². The van der Waals surface area contributed by atoms with Gasteiger partial charge in [-0.3, -0.25) is 0 Å². The van der Waals surface area contributed by atoms with Gasteiger partial charge in [0.15, 0.2) is 0 Å². The number of alkyl halides is 1. The van der Waals surface area contributed by atoms with Crippen LogP contribution < -0.4 is 4.90 Å². The molecule has 0 aliphatic heterocycles. The molecule has 0 N–H and O–H groups in total. The molecule has 1 rings (SSSR count). The van der Waals surface area contributed by atoms with Crippen LogP contribution in [0.25, 0.3) is 0 Å². The van der Waals surface area contributed by atoms with E-state index in [9.17, 15) is 0 Å². The molecule has 0 atom stereocenters. The van der Waals surface area contributed by atoms with Crippen LogP contribution in [0.5, 0.6) is 0 Å². The SMILES string of the molecule is CCN(CCCN(C)C)c1ccc(CCl)c(Br)c1. The maximum atomic E-state index is 5.87. The van der Waals surface area contributed by atoms with Crippen molar-refractivity contribution in [2.45, 2.75) is 19.2 Å². The second kappa shape index (κ2) is 8.03. The Kier molecular flexibility index (Phi) is 7.05. The van der Waals surface area contributed by atoms with E-state index in [1.54, 1.807) is 0 Å². The summed E-state index contributed by atoms with van der Waals surface area (Å²) in [6.07, 6.45) is 1.18. The second-order valence-corrected chi connectivity index (χ2v) is 5.77. The molecule has 0 bridgehead atoms. The molecular weight excluding hydrogens is 312 g/mol. The number of anilines is 1. The Morgan fingerprint density at radius 3 is 2.44 bits per heavy atom. The van der Waals surface area contributed by atoms with Gasteiger partial charge in [0.1, 0.15) is 0 Å². The highest BCUT2D eigenvalue weighted by molar-refractivity contribution is 9.10. The smallest absolute Gasteiger partial charge is 0.0485 e. The molecule has 0 amide bonds. The zero-order chi connectivity index (χ0) is 13.5. The lowest BCUT2D eigenvalue weighted by Crippen LogP contribution is -2.27. The Balaban J connectivity index is 2.67. The maximum absolute atomic E-state index is 5.87. The quantitative estimate of drug-likeness (QED) is 0.697. The summed E-state index contributed by atoms with van der Waals surface area (Å²) in [7, 11) is 4.23. The first-order chi connectivity index (χ1) is 8.58. The fourth-order valence-electron chi connectivity index (χ4n) is 1.89. The Morgan fingerprint density at radius 1 is 1.22 bits per heavy atom. The minimum atomic E-state index is 0.549. The standard InChI is InChI=1S/C14H22BrClN2/c1-4-18(9-5-8-17(2)3)13-7-6-12(11-16)14(15)10-13/h6-7,10H,4-5,8-9,11H2,1-3H3. The molecule has 0 saturated carbocycles. The van der Waals surface area contributed by atoms with Crippen molar-refractivity contribution >= 4 is 33.2 Å². The molecule has 0 fully saturated rings. The molecule has 1 aromatic carbocycles. The molecule has 102 valence electrons. The predicted octanol–water partition coefficient (Wildman–Crippen LogP) is 3.97. The van der Waals surface area contributed by atoms with Gasteiger partial charge in [0.2, 0.25) is 0 Å². The van der Waals surface area contributed by atoms with Crippen molar-refractivity contribution < 1.29 is 0 Å². The second-order valence-electron chi connectivity index (χ2n) is 4.65. The van der Waals surface area contributed by atoms with Crippen LogP contribution in [-0.4, -0.2) is 38.6 Å². The van der Waals surface area contributed by atoms with E-state index in [2.05, 4.69) is 64.9 Å². The van der Waals surface area contributed by atoms with E-state index >= 15 is 0 Å². The highest BCUT2D eigenvalue weighted by Gasteiger charge is 2.07. The minimum absolute atomic E-state index is 0.549. The number of benzene rings is 1. The molecule has 0 spiro atoms. The van der Waals surface area contributed by atoms with Gasteiger partial charge in [0.05, 0.1) is 0 Å². The van der Waals surface area contributed by atoms with Crippen LogP contribution in [0, 0.1) is 0 Å². The van der Waals surface area contributed by atoms with E-state index in [4.69, 9.17) is 11.6 Å². The summed E-state index contributed by atoms with van der Waals surface area (Å²) in [5.41, 5.74) is 2.40. The average molecular weight is 334 g/mol. The molecule has 0 radical (unpaired) electrons. The molecule has 0 aliphatic carbocycles. The summed E-state index contributed by atoms with van der Waals surface area (Å²) in [5.74, 6) is 0.549. The molecular formula is C14H22BrClN2. The number of halogens is 2. The van der Waals surface area contributed by atoms with Crippen LogP contribution in [0.4, 0.5) is 5.69 Å². The molecule has 18 heavy (non-hydrogen) atoms. The fraction of sp³-hybridized carbons (Fsp3) is 0.571. The van der Waals surface area contributed by atoms with Crippen LogP contribution >= 0.6 is 27.5 Å². The summed E-state index contributed by atoms with van der Waals surface area (Å²) >= 11 is 9.44. The molecule has 0 aliphatic rings. The first-order valence-corrected chi connectivity index (χ1v) is 7.65. The third-order valence-electron chi connectivity index (χ3n) is 2.96. The molecule has 4 heteroatoms. The van der Waals surface area contributed by atoms with Crippen LogP contribution in [0.2, 0.25) is 0 Å². The number of hydrogen-bond acceptors (Lipinski definition) is 2. The molecule has 0 heterocycles. The van der Waals surface area contributed by atoms with Gasteiger partial charge < -0.3 is 9.80 Å². The Bertz CT molecular complexity index is 369.